The molecule has 0 aliphatic carbocycles. The minimum atomic E-state index is -1.87. The van der Waals surface area contributed by atoms with Gasteiger partial charge in [0.2, 0.25) is 0 Å². The normalized spacial score (nSPS) is 11.1. The maximum Gasteiger partial charge on any atom is 0.368 e. The average Bonchev–Trinajstić information content (AvgIpc) is 2.62. The lowest BCUT2D eigenvalue weighted by Gasteiger charge is -2.14. The fraction of sp³-hybridized carbons (Fsp3) is 0.182. The third-order valence-corrected chi connectivity index (χ3v) is 4.12. The van der Waals surface area contributed by atoms with Gasteiger partial charge in [0, 0.05) is 0 Å². The largest absolute Gasteiger partial charge is 0.368 e. The van der Waals surface area contributed by atoms with E-state index in [2.05, 4.69) is 11.9 Å². The number of halogens is 1. The van der Waals surface area contributed by atoms with Crippen LogP contribution in [0.15, 0.2) is 24.3 Å². The first-order chi connectivity index (χ1) is 8.05. The molecule has 1 heterocycles. The summed E-state index contributed by atoms with van der Waals surface area (Å²) < 4.78 is 1.98. The molecule has 0 atom stereocenters. The van der Waals surface area contributed by atoms with E-state index in [0.29, 0.717) is 0 Å². The van der Waals surface area contributed by atoms with Crippen LogP contribution in [0.3, 0.4) is 0 Å². The van der Waals surface area contributed by atoms with E-state index in [1.54, 1.807) is 0 Å². The number of fused-ring (bicyclic) bond motifs is 1. The number of aromatic nitrogens is 2. The predicted octanol–water partition coefficient (Wildman–Crippen LogP) is 0.716. The molecule has 0 saturated carbocycles. The van der Waals surface area contributed by atoms with Crippen molar-refractivity contribution in [2.24, 2.45) is 14.1 Å². The molecule has 1 aromatic carbocycles. The second kappa shape index (κ2) is 4.04. The van der Waals surface area contributed by atoms with E-state index in [0.717, 1.165) is 16.8 Å². The van der Waals surface area contributed by atoms with Crippen LogP contribution in [0, 0.1) is 22.5 Å². The Morgan fingerprint density at radius 1 is 1.29 bits per heavy atom. The number of hydrogen-bond donors (Lipinski definition) is 0. The van der Waals surface area contributed by atoms with Gasteiger partial charge in [0.25, 0.3) is 0 Å². The smallest absolute Gasteiger partial charge is 0.299 e. The lowest BCUT2D eigenvalue weighted by molar-refractivity contribution is -0.627. The minimum Gasteiger partial charge on any atom is -0.299 e. The van der Waals surface area contributed by atoms with Crippen molar-refractivity contribution >= 4 is 43.1 Å². The summed E-state index contributed by atoms with van der Waals surface area (Å²) in [7, 11) is 3.78. The van der Waals surface area contributed by atoms with Crippen LogP contribution < -0.4 is 10.3 Å². The fourth-order valence-electron chi connectivity index (χ4n) is 2.18. The molecule has 17 heavy (non-hydrogen) atoms. The molecule has 0 spiro atoms. The molecular weight excluding hydrogens is 326 g/mol. The molecule has 2 rings (SSSR count). The number of para-hydroxylation sites is 2. The van der Waals surface area contributed by atoms with Crippen molar-refractivity contribution in [1.29, 1.82) is 10.5 Å². The predicted molar refractivity (Wildman–Crippen MR) is 74.7 cm³/mol. The van der Waals surface area contributed by atoms with E-state index in [9.17, 15) is 10.5 Å². The number of hydrogen-bond acceptors (Lipinski definition) is 2. The summed E-state index contributed by atoms with van der Waals surface area (Å²) in [6.07, 6.45) is 0. The number of benzene rings is 1. The van der Waals surface area contributed by atoms with Gasteiger partial charge < -0.3 is 0 Å². The molecule has 0 unspecified atom stereocenters. The maximum atomic E-state index is 9.23. The number of nitrogens with zero attached hydrogens (tertiary/aromatic N) is 4. The third-order valence-electron chi connectivity index (χ3n) is 3.00. The Hall–Kier alpha value is -1.54. The standard InChI is InChI=1S/C11H10BIN4/c1-16-9-5-3-4-6-10(9)17(2)11(16)12(13,7-14)8-15/h3-6H,1-2H3. The summed E-state index contributed by atoms with van der Waals surface area (Å²) in [5.74, 6) is 4.27. The monoisotopic (exact) mass is 336 g/mol. The molecule has 84 valence electrons. The van der Waals surface area contributed by atoms with Gasteiger partial charge in [0.1, 0.15) is 5.72 Å². The van der Waals surface area contributed by atoms with Gasteiger partial charge in [0.15, 0.2) is 11.0 Å². The SMILES string of the molecule is Cn1c([B-](I)(C#N)C#N)[n+](C)c2ccccc21. The average molecular weight is 336 g/mol. The summed E-state index contributed by atoms with van der Waals surface area (Å²) in [5.41, 5.74) is 2.80. The molecule has 0 saturated heterocycles. The number of nitriles is 2. The van der Waals surface area contributed by atoms with Gasteiger partial charge in [-0.1, -0.05) is 12.1 Å². The fourth-order valence-corrected chi connectivity index (χ4v) is 3.02. The van der Waals surface area contributed by atoms with Crippen LogP contribution in [0.2, 0.25) is 0 Å². The second-order valence-electron chi connectivity index (χ2n) is 3.98. The van der Waals surface area contributed by atoms with Crippen molar-refractivity contribution < 1.29 is 4.57 Å². The first-order valence-electron chi connectivity index (χ1n) is 5.15. The Morgan fingerprint density at radius 3 is 2.41 bits per heavy atom. The highest BCUT2D eigenvalue weighted by Gasteiger charge is 2.35. The maximum absolute atomic E-state index is 9.23. The van der Waals surface area contributed by atoms with Crippen molar-refractivity contribution in [2.75, 3.05) is 0 Å². The van der Waals surface area contributed by atoms with Crippen molar-refractivity contribution in [2.45, 2.75) is 0 Å². The Morgan fingerprint density at radius 2 is 1.88 bits per heavy atom. The Labute approximate surface area is 113 Å². The third kappa shape index (κ3) is 1.60. The summed E-state index contributed by atoms with van der Waals surface area (Å²) in [4.78, 5) is 0. The lowest BCUT2D eigenvalue weighted by atomic mass is 9.51. The summed E-state index contributed by atoms with van der Waals surface area (Å²) in [6, 6.07) is 7.88. The van der Waals surface area contributed by atoms with Gasteiger partial charge in [-0.2, -0.15) is 0 Å². The second-order valence-corrected chi connectivity index (χ2v) is 5.85. The van der Waals surface area contributed by atoms with Gasteiger partial charge in [-0.3, -0.25) is 31.5 Å². The van der Waals surface area contributed by atoms with E-state index in [4.69, 9.17) is 0 Å². The van der Waals surface area contributed by atoms with E-state index in [1.165, 1.54) is 0 Å². The molecule has 0 amide bonds. The number of imidazole rings is 1. The van der Waals surface area contributed by atoms with Crippen molar-refractivity contribution in [3.8, 4) is 11.9 Å². The molecule has 0 bridgehead atoms. The molecule has 0 aliphatic heterocycles. The van der Waals surface area contributed by atoms with Crippen molar-refractivity contribution in [3.63, 3.8) is 0 Å². The first-order valence-corrected chi connectivity index (χ1v) is 6.39. The molecule has 0 aliphatic rings. The number of rotatable bonds is 1. The molecule has 4 nitrogen and oxygen atoms in total. The molecule has 6 heteroatoms. The molecule has 2 aromatic rings. The van der Waals surface area contributed by atoms with E-state index in [1.807, 2.05) is 69.9 Å². The van der Waals surface area contributed by atoms with Gasteiger partial charge in [-0.05, 0) is 12.1 Å². The summed E-state index contributed by atoms with van der Waals surface area (Å²) >= 11 is 1.95. The van der Waals surface area contributed by atoms with Crippen LogP contribution in [-0.4, -0.2) is 8.57 Å². The van der Waals surface area contributed by atoms with Crippen molar-refractivity contribution in [1.82, 2.24) is 4.57 Å². The van der Waals surface area contributed by atoms with Gasteiger partial charge in [-0.25, -0.2) is 10.5 Å². The highest BCUT2D eigenvalue weighted by atomic mass is 127. The van der Waals surface area contributed by atoms with Crippen LogP contribution in [0.5, 0.6) is 0 Å². The molecule has 1 aromatic heterocycles. The molecular formula is C11H10BIN4. The molecule has 0 N–H and O–H groups in total. The molecule has 0 radical (unpaired) electrons. The van der Waals surface area contributed by atoms with Crippen LogP contribution in [-0.2, 0) is 14.1 Å². The number of aryl methyl sites for hydroxylation is 2. The van der Waals surface area contributed by atoms with Gasteiger partial charge in [-0.15, -0.1) is 11.9 Å². The van der Waals surface area contributed by atoms with Crippen LogP contribution in [0.4, 0.5) is 0 Å². The van der Waals surface area contributed by atoms with Crippen LogP contribution >= 0.6 is 22.4 Å². The van der Waals surface area contributed by atoms with Gasteiger partial charge in [0.05, 0.1) is 14.1 Å². The summed E-state index contributed by atoms with van der Waals surface area (Å²) in [6.45, 7) is 0. The summed E-state index contributed by atoms with van der Waals surface area (Å²) in [5, 5.41) is 18.5. The zero-order valence-electron chi connectivity index (χ0n) is 9.55. The minimum absolute atomic E-state index is 0.747. The Bertz CT molecular complexity index is 624. The van der Waals surface area contributed by atoms with Gasteiger partial charge >= 0.3 is 4.00 Å². The zero-order chi connectivity index (χ0) is 12.6. The van der Waals surface area contributed by atoms with E-state index >= 15 is 0 Å². The van der Waals surface area contributed by atoms with Crippen LogP contribution in [0.25, 0.3) is 11.0 Å². The lowest BCUT2D eigenvalue weighted by Crippen LogP contribution is -2.60. The van der Waals surface area contributed by atoms with Crippen LogP contribution in [0.1, 0.15) is 0 Å². The topological polar surface area (TPSA) is 56.4 Å². The Kier molecular flexibility index (Phi) is 2.84. The highest BCUT2D eigenvalue weighted by molar-refractivity contribution is 14.1. The van der Waals surface area contributed by atoms with E-state index in [-0.39, 0.29) is 0 Å². The quantitative estimate of drug-likeness (QED) is 0.438. The Balaban J connectivity index is 2.90. The van der Waals surface area contributed by atoms with E-state index < -0.39 is 4.00 Å². The first kappa shape index (κ1) is 11.9. The van der Waals surface area contributed by atoms with Crippen molar-refractivity contribution in [3.05, 3.63) is 24.3 Å². The highest BCUT2D eigenvalue weighted by Crippen LogP contribution is 2.14. The zero-order valence-corrected chi connectivity index (χ0v) is 11.7. The molecule has 0 fully saturated rings.